The third kappa shape index (κ3) is 3.52. The van der Waals surface area contributed by atoms with Gasteiger partial charge in [-0.25, -0.2) is 13.4 Å². The number of hydrogen-bond acceptors (Lipinski definition) is 6. The number of sulfonamides is 1. The fourth-order valence-corrected chi connectivity index (χ4v) is 4.25. The van der Waals surface area contributed by atoms with Crippen LogP contribution in [-0.2, 0) is 19.6 Å². The Morgan fingerprint density at radius 3 is 2.29 bits per heavy atom. The first-order chi connectivity index (χ1) is 11.5. The average Bonchev–Trinajstić information content (AvgIpc) is 2.62. The van der Waals surface area contributed by atoms with E-state index in [1.165, 1.54) is 10.5 Å². The summed E-state index contributed by atoms with van der Waals surface area (Å²) in [5, 5.41) is 0. The Kier molecular flexibility index (Phi) is 5.02. The molecule has 0 saturated carbocycles. The molecule has 132 valence electrons. The van der Waals surface area contributed by atoms with E-state index in [-0.39, 0.29) is 10.8 Å². The molecule has 1 aromatic heterocycles. The summed E-state index contributed by atoms with van der Waals surface area (Å²) in [4.78, 5) is 19.7. The van der Waals surface area contributed by atoms with Gasteiger partial charge in [-0.05, 0) is 12.1 Å². The van der Waals surface area contributed by atoms with Crippen LogP contribution in [0, 0.1) is 0 Å². The molecular weight excluding hydrogens is 332 g/mol. The number of nitrogens with zero attached hydrogens (tertiary/aromatic N) is 4. The predicted molar refractivity (Wildman–Crippen MR) is 88.3 cm³/mol. The minimum absolute atomic E-state index is 0.0783. The molecule has 0 atom stereocenters. The highest BCUT2D eigenvalue weighted by Crippen LogP contribution is 2.20. The number of pyridine rings is 1. The third-order valence-corrected chi connectivity index (χ3v) is 6.26. The van der Waals surface area contributed by atoms with Crippen LogP contribution < -0.4 is 4.90 Å². The molecule has 2 aliphatic rings. The highest BCUT2D eigenvalue weighted by Gasteiger charge is 2.27. The van der Waals surface area contributed by atoms with Crippen molar-refractivity contribution in [3.8, 4) is 0 Å². The summed E-state index contributed by atoms with van der Waals surface area (Å²) in [5.41, 5.74) is 0. The normalized spacial score (nSPS) is 20.2. The maximum atomic E-state index is 12.6. The zero-order chi connectivity index (χ0) is 17.2. The molecular formula is C15H22N4O4S. The van der Waals surface area contributed by atoms with Gasteiger partial charge < -0.3 is 14.5 Å². The Balaban J connectivity index is 1.68. The molecule has 2 aliphatic heterocycles. The third-order valence-electron chi connectivity index (χ3n) is 4.38. The Morgan fingerprint density at radius 1 is 1.08 bits per heavy atom. The van der Waals surface area contributed by atoms with Gasteiger partial charge in [0.15, 0.2) is 0 Å². The molecule has 24 heavy (non-hydrogen) atoms. The molecule has 0 aromatic carbocycles. The van der Waals surface area contributed by atoms with Crippen LogP contribution in [-0.4, -0.2) is 81.0 Å². The number of rotatable bonds is 3. The maximum Gasteiger partial charge on any atom is 0.244 e. The van der Waals surface area contributed by atoms with Crippen molar-refractivity contribution in [2.24, 2.45) is 0 Å². The van der Waals surface area contributed by atoms with Crippen LogP contribution in [0.15, 0.2) is 23.2 Å². The molecule has 2 saturated heterocycles. The molecule has 3 rings (SSSR count). The van der Waals surface area contributed by atoms with Crippen molar-refractivity contribution < 1.29 is 17.9 Å². The standard InChI is InChI=1S/C15H22N4O4S/c1-13(20)17-4-6-18(7-5-17)15-3-2-14(12-16-15)24(21,22)19-8-10-23-11-9-19/h2-3,12H,4-11H2,1H3. The molecule has 0 unspecified atom stereocenters. The van der Waals surface area contributed by atoms with Gasteiger partial charge in [-0.2, -0.15) is 4.31 Å². The molecule has 1 aromatic rings. The number of ether oxygens (including phenoxy) is 1. The van der Waals surface area contributed by atoms with E-state index in [0.717, 1.165) is 5.82 Å². The van der Waals surface area contributed by atoms with Crippen molar-refractivity contribution in [3.63, 3.8) is 0 Å². The summed E-state index contributed by atoms with van der Waals surface area (Å²) < 4.78 is 31.8. The van der Waals surface area contributed by atoms with E-state index in [2.05, 4.69) is 9.88 Å². The summed E-state index contributed by atoms with van der Waals surface area (Å²) in [6.07, 6.45) is 1.41. The number of aromatic nitrogens is 1. The van der Waals surface area contributed by atoms with Crippen LogP contribution >= 0.6 is 0 Å². The topological polar surface area (TPSA) is 83.1 Å². The largest absolute Gasteiger partial charge is 0.379 e. The summed E-state index contributed by atoms with van der Waals surface area (Å²) in [7, 11) is -3.51. The molecule has 0 bridgehead atoms. The van der Waals surface area contributed by atoms with Crippen LogP contribution in [0.2, 0.25) is 0 Å². The smallest absolute Gasteiger partial charge is 0.244 e. The van der Waals surface area contributed by atoms with Crippen molar-refractivity contribution in [1.82, 2.24) is 14.2 Å². The van der Waals surface area contributed by atoms with Crippen molar-refractivity contribution in [2.45, 2.75) is 11.8 Å². The number of amides is 1. The lowest BCUT2D eigenvalue weighted by Gasteiger charge is -2.35. The first-order valence-corrected chi connectivity index (χ1v) is 9.47. The molecule has 2 fully saturated rings. The quantitative estimate of drug-likeness (QED) is 0.746. The van der Waals surface area contributed by atoms with Gasteiger partial charge in [0.2, 0.25) is 15.9 Å². The summed E-state index contributed by atoms with van der Waals surface area (Å²) in [5.74, 6) is 0.814. The number of carbonyl (C=O) groups excluding carboxylic acids is 1. The lowest BCUT2D eigenvalue weighted by Crippen LogP contribution is -2.48. The van der Waals surface area contributed by atoms with Gasteiger partial charge in [0.25, 0.3) is 0 Å². The van der Waals surface area contributed by atoms with Gasteiger partial charge in [-0.1, -0.05) is 0 Å². The maximum absolute atomic E-state index is 12.6. The van der Waals surface area contributed by atoms with Crippen molar-refractivity contribution in [3.05, 3.63) is 18.3 Å². The van der Waals surface area contributed by atoms with E-state index in [9.17, 15) is 13.2 Å². The monoisotopic (exact) mass is 354 g/mol. The molecule has 9 heteroatoms. The van der Waals surface area contributed by atoms with Gasteiger partial charge in [-0.15, -0.1) is 0 Å². The van der Waals surface area contributed by atoms with Gasteiger partial charge in [0.05, 0.1) is 13.2 Å². The number of piperazine rings is 1. The summed E-state index contributed by atoms with van der Waals surface area (Å²) >= 11 is 0. The zero-order valence-electron chi connectivity index (χ0n) is 13.7. The molecule has 3 heterocycles. The van der Waals surface area contributed by atoms with E-state index in [4.69, 9.17) is 4.74 Å². The van der Waals surface area contributed by atoms with Crippen LogP contribution in [0.5, 0.6) is 0 Å². The molecule has 0 N–H and O–H groups in total. The van der Waals surface area contributed by atoms with Gasteiger partial charge >= 0.3 is 0 Å². The van der Waals surface area contributed by atoms with Gasteiger partial charge in [0.1, 0.15) is 10.7 Å². The Labute approximate surface area is 142 Å². The highest BCUT2D eigenvalue weighted by molar-refractivity contribution is 7.89. The fraction of sp³-hybridized carbons (Fsp3) is 0.600. The van der Waals surface area contributed by atoms with Crippen molar-refractivity contribution in [2.75, 3.05) is 57.4 Å². The van der Waals surface area contributed by atoms with E-state index < -0.39 is 10.0 Å². The second kappa shape index (κ2) is 7.04. The number of morpholine rings is 1. The molecule has 0 radical (unpaired) electrons. The van der Waals surface area contributed by atoms with E-state index in [0.29, 0.717) is 52.5 Å². The van der Waals surface area contributed by atoms with E-state index in [1.807, 2.05) is 0 Å². The Hall–Kier alpha value is -1.71. The lowest BCUT2D eigenvalue weighted by molar-refractivity contribution is -0.129. The first kappa shape index (κ1) is 17.1. The Morgan fingerprint density at radius 2 is 1.75 bits per heavy atom. The minimum atomic E-state index is -3.51. The second-order valence-electron chi connectivity index (χ2n) is 5.86. The first-order valence-electron chi connectivity index (χ1n) is 8.03. The van der Waals surface area contributed by atoms with Gasteiger partial charge in [0, 0.05) is 52.4 Å². The second-order valence-corrected chi connectivity index (χ2v) is 7.80. The molecule has 0 spiro atoms. The van der Waals surface area contributed by atoms with Crippen LogP contribution in [0.25, 0.3) is 0 Å². The number of hydrogen-bond donors (Lipinski definition) is 0. The zero-order valence-corrected chi connectivity index (χ0v) is 14.5. The van der Waals surface area contributed by atoms with Crippen molar-refractivity contribution in [1.29, 1.82) is 0 Å². The highest BCUT2D eigenvalue weighted by atomic mass is 32.2. The number of carbonyl (C=O) groups is 1. The van der Waals surface area contributed by atoms with Gasteiger partial charge in [-0.3, -0.25) is 4.79 Å². The number of anilines is 1. The fourth-order valence-electron chi connectivity index (χ4n) is 2.90. The minimum Gasteiger partial charge on any atom is -0.379 e. The van der Waals surface area contributed by atoms with Crippen LogP contribution in [0.3, 0.4) is 0 Å². The lowest BCUT2D eigenvalue weighted by atomic mass is 10.3. The van der Waals surface area contributed by atoms with Crippen molar-refractivity contribution >= 4 is 21.7 Å². The van der Waals surface area contributed by atoms with Crippen LogP contribution in [0.1, 0.15) is 6.92 Å². The molecule has 8 nitrogen and oxygen atoms in total. The van der Waals surface area contributed by atoms with E-state index in [1.54, 1.807) is 24.0 Å². The Bertz CT molecular complexity index is 678. The summed E-state index contributed by atoms with van der Waals surface area (Å²) in [6, 6.07) is 3.33. The SMILES string of the molecule is CC(=O)N1CCN(c2ccc(S(=O)(=O)N3CCOCC3)cn2)CC1. The summed E-state index contributed by atoms with van der Waals surface area (Å²) in [6.45, 7) is 5.86. The molecule has 0 aliphatic carbocycles. The van der Waals surface area contributed by atoms with Crippen LogP contribution in [0.4, 0.5) is 5.82 Å². The predicted octanol–water partition coefficient (Wildman–Crippen LogP) is -0.229. The average molecular weight is 354 g/mol. The molecule has 1 amide bonds. The van der Waals surface area contributed by atoms with E-state index >= 15 is 0 Å².